The Morgan fingerprint density at radius 3 is 0.886 bits per heavy atom. The van der Waals surface area contributed by atoms with Crippen LogP contribution in [0.2, 0.25) is 0 Å². The Morgan fingerprint density at radius 1 is 0.298 bits per heavy atom. The molecule has 7 aromatic rings. The fraction of sp³-hybridized carbons (Fsp3) is 0.515. The van der Waals surface area contributed by atoms with E-state index in [1.165, 1.54) is 42.2 Å². The summed E-state index contributed by atoms with van der Waals surface area (Å²) >= 11 is 0. The number of hydrogen-bond acceptors (Lipinski definition) is 13. The summed E-state index contributed by atoms with van der Waals surface area (Å²) in [6, 6.07) is 54.2. The molecular weight excluding hydrogens is 1430 g/mol. The number of hydrogen-bond donors (Lipinski definition) is 2. The van der Waals surface area contributed by atoms with E-state index in [0.717, 1.165) is 102 Å². The maximum Gasteiger partial charge on any atom is 0.411 e. The van der Waals surface area contributed by atoms with E-state index in [9.17, 15) is 28.8 Å². The number of unbranched alkanes of at least 4 members (excludes halogenated alkanes) is 2. The number of methoxy groups -OCH3 is 2. The zero-order valence-electron chi connectivity index (χ0n) is 73.2. The third-order valence-corrected chi connectivity index (χ3v) is 20.6. The van der Waals surface area contributed by atoms with Gasteiger partial charge in [0.1, 0.15) is 0 Å². The summed E-state index contributed by atoms with van der Waals surface area (Å²) in [7, 11) is 3.19. The first kappa shape index (κ1) is 95.5. The highest BCUT2D eigenvalue weighted by molar-refractivity contribution is 5.85. The Balaban J connectivity index is 0.000000322. The number of carbonyl (C=O) groups excluding carboxylic acids is 6. The van der Waals surface area contributed by atoms with Crippen molar-refractivity contribution in [3.05, 3.63) is 236 Å². The Morgan fingerprint density at radius 2 is 0.570 bits per heavy atom. The van der Waals surface area contributed by atoms with Gasteiger partial charge in [0.05, 0.1) is 65.8 Å². The molecule has 7 aromatic carbocycles. The predicted octanol–water partition coefficient (Wildman–Crippen LogP) is 23.3. The molecule has 0 aliphatic carbocycles. The molecule has 2 N–H and O–H groups in total. The van der Waals surface area contributed by atoms with Crippen LogP contribution in [0.1, 0.15) is 253 Å². The monoisotopic (exact) mass is 1560 g/mol. The molecule has 0 bridgehead atoms. The van der Waals surface area contributed by atoms with Gasteiger partial charge in [-0.3, -0.25) is 29.8 Å². The van der Waals surface area contributed by atoms with Crippen LogP contribution in [0, 0.1) is 49.4 Å². The molecule has 0 aliphatic heterocycles. The van der Waals surface area contributed by atoms with Crippen molar-refractivity contribution in [2.75, 3.05) is 64.5 Å². The molecule has 0 radical (unpaired) electrons. The molecule has 0 saturated heterocycles. The highest BCUT2D eigenvalue weighted by Crippen LogP contribution is 2.49. The van der Waals surface area contributed by atoms with E-state index in [1.54, 1.807) is 7.11 Å². The minimum absolute atomic E-state index is 0.00996. The van der Waals surface area contributed by atoms with Crippen molar-refractivity contribution >= 4 is 47.4 Å². The van der Waals surface area contributed by atoms with Gasteiger partial charge in [0.25, 0.3) is 0 Å². The van der Waals surface area contributed by atoms with Crippen molar-refractivity contribution in [1.29, 1.82) is 0 Å². The highest BCUT2D eigenvalue weighted by Gasteiger charge is 2.39. The van der Waals surface area contributed by atoms with Crippen LogP contribution in [-0.2, 0) is 101 Å². The van der Waals surface area contributed by atoms with Crippen molar-refractivity contribution in [1.82, 2.24) is 0 Å². The van der Waals surface area contributed by atoms with E-state index in [0.29, 0.717) is 56.7 Å². The largest absolute Gasteiger partial charge is 0.469 e. The van der Waals surface area contributed by atoms with Gasteiger partial charge in [-0.2, -0.15) is 0 Å². The van der Waals surface area contributed by atoms with Gasteiger partial charge in [-0.15, -0.1) is 0 Å². The lowest BCUT2D eigenvalue weighted by Crippen LogP contribution is -2.33. The molecule has 7 rings (SSSR count). The average Bonchev–Trinajstić information content (AvgIpc) is 0.767. The SMILES string of the molecule is COC(=O)Cc1ccc(Cc2ccc(CC(=O)OCCCCOC(=O)Nc3ccc(C)cc3)cc2)cc1.COCCCC(C)(C)CC(C)(C)CC(C)(C)c1cc(C(C)(C)C)cc(C(C)(C)CC(C)(C)CC(C)(C)CCCOC(=O)Cc2ccc(C)cc2)c1.Cc1ccc(CC(=O)OCCCCOC(=O)Nc2ccc(C)cc2)cc1. The zero-order valence-corrected chi connectivity index (χ0v) is 73.2. The lowest BCUT2D eigenvalue weighted by atomic mass is 9.62. The van der Waals surface area contributed by atoms with Gasteiger partial charge in [0.2, 0.25) is 0 Å². The van der Waals surface area contributed by atoms with Crippen LogP contribution in [-0.4, -0.2) is 89.9 Å². The van der Waals surface area contributed by atoms with Crippen molar-refractivity contribution in [3.8, 4) is 0 Å². The van der Waals surface area contributed by atoms with Gasteiger partial charge in [0, 0.05) is 25.1 Å². The molecular formula is C99H138N2O13. The fourth-order valence-corrected chi connectivity index (χ4v) is 15.5. The second kappa shape index (κ2) is 45.9. The first-order valence-corrected chi connectivity index (χ1v) is 41.0. The predicted molar refractivity (Wildman–Crippen MR) is 464 cm³/mol. The molecule has 0 aliphatic rings. The number of carbonyl (C=O) groups is 6. The minimum Gasteiger partial charge on any atom is -0.469 e. The standard InChI is InChI=1S/C48H80O3.C30H33NO6.C21H25NO4/c1-36-20-22-37(23-21-36)28-41(49)51-27-19-25-44(7,8)33-46(11,12)35-48(15,16)40-30-38(42(2,3)4)29-39(31-40)47(13,14)34-45(9,10)32-43(5,6)24-18-26-50-17;1-22-5-15-27(16-6-22)31-30(34)37-18-4-3-17-36-29(33)21-26-13-9-24(10-14-26)19-23-7-11-25(12-8-23)20-28(32)35-2;1-16-5-9-18(10-6-16)15-20(23)25-13-3-4-14-26-21(24)22-19-11-7-17(2)8-12-19/h20-23,29-31H,18-19,24-28,32-35H2,1-17H3;5-16H,3-4,17-21H2,1-2H3,(H,31,34);5-12H,3-4,13-15H2,1-2H3,(H,22,24). The third-order valence-electron chi connectivity index (χ3n) is 20.6. The van der Waals surface area contributed by atoms with E-state index in [-0.39, 0.29) is 101 Å². The number of nitrogens with one attached hydrogen (secondary N) is 2. The van der Waals surface area contributed by atoms with Crippen LogP contribution < -0.4 is 10.6 Å². The number of amides is 2. The van der Waals surface area contributed by atoms with Gasteiger partial charge >= 0.3 is 36.1 Å². The molecule has 0 saturated carbocycles. The molecule has 0 aromatic heterocycles. The fourth-order valence-electron chi connectivity index (χ4n) is 15.5. The van der Waals surface area contributed by atoms with E-state index < -0.39 is 12.2 Å². The minimum atomic E-state index is -0.500. The topological polar surface area (TPSA) is 191 Å². The van der Waals surface area contributed by atoms with E-state index in [2.05, 4.69) is 140 Å². The second-order valence-corrected chi connectivity index (χ2v) is 36.8. The lowest BCUT2D eigenvalue weighted by Gasteiger charge is -2.42. The summed E-state index contributed by atoms with van der Waals surface area (Å²) in [5.41, 5.74) is 17.3. The zero-order chi connectivity index (χ0) is 84.3. The number of aryl methyl sites for hydroxylation is 4. The normalized spacial score (nSPS) is 11.9. The summed E-state index contributed by atoms with van der Waals surface area (Å²) in [5, 5.41) is 5.33. The molecule has 622 valence electrons. The Labute approximate surface area is 684 Å². The molecule has 15 heteroatoms. The molecule has 0 heterocycles. The number of anilines is 2. The van der Waals surface area contributed by atoms with Crippen LogP contribution in [0.3, 0.4) is 0 Å². The van der Waals surface area contributed by atoms with E-state index >= 15 is 0 Å². The van der Waals surface area contributed by atoms with Crippen molar-refractivity contribution < 1.29 is 61.9 Å². The second-order valence-electron chi connectivity index (χ2n) is 36.8. The molecule has 0 unspecified atom stereocenters. The molecule has 0 fully saturated rings. The summed E-state index contributed by atoms with van der Waals surface area (Å²) in [6.45, 7) is 46.9. The third kappa shape index (κ3) is 38.4. The number of esters is 4. The Bertz CT molecular complexity index is 4000. The molecule has 0 spiro atoms. The van der Waals surface area contributed by atoms with Crippen LogP contribution >= 0.6 is 0 Å². The summed E-state index contributed by atoms with van der Waals surface area (Å²) in [6.07, 6.45) is 12.2. The van der Waals surface area contributed by atoms with Gasteiger partial charge < -0.3 is 33.2 Å². The molecule has 0 atom stereocenters. The molecule has 114 heavy (non-hydrogen) atoms. The Kier molecular flexibility index (Phi) is 38.4. The average molecular weight is 1560 g/mol. The van der Waals surface area contributed by atoms with Gasteiger partial charge in [-0.1, -0.05) is 266 Å². The first-order chi connectivity index (χ1) is 53.5. The Hall–Kier alpha value is -9.08. The molecule has 2 amide bonds. The summed E-state index contributed by atoms with van der Waals surface area (Å²) in [4.78, 5) is 71.2. The quantitative estimate of drug-likeness (QED) is 0.0210. The summed E-state index contributed by atoms with van der Waals surface area (Å²) in [5.74, 6) is -0.919. The molecule has 15 nitrogen and oxygen atoms in total. The number of rotatable bonds is 40. The first-order valence-electron chi connectivity index (χ1n) is 41.0. The summed E-state index contributed by atoms with van der Waals surface area (Å²) < 4.78 is 36.5. The van der Waals surface area contributed by atoms with E-state index in [1.807, 2.05) is 166 Å². The van der Waals surface area contributed by atoms with Crippen LogP contribution in [0.15, 0.2) is 164 Å². The number of benzene rings is 7. The maximum absolute atomic E-state index is 12.5. The lowest BCUT2D eigenvalue weighted by molar-refractivity contribution is -0.144. The van der Waals surface area contributed by atoms with Crippen LogP contribution in [0.4, 0.5) is 21.0 Å². The highest BCUT2D eigenvalue weighted by atomic mass is 16.6. The van der Waals surface area contributed by atoms with Gasteiger partial charge in [0.15, 0.2) is 0 Å². The van der Waals surface area contributed by atoms with Crippen molar-refractivity contribution in [2.45, 2.75) is 257 Å². The van der Waals surface area contributed by atoms with Crippen molar-refractivity contribution in [2.24, 2.45) is 21.7 Å². The number of ether oxygens (including phenoxy) is 7. The van der Waals surface area contributed by atoms with E-state index in [4.69, 9.17) is 33.2 Å². The van der Waals surface area contributed by atoms with Gasteiger partial charge in [-0.05, 0) is 223 Å². The van der Waals surface area contributed by atoms with Gasteiger partial charge in [-0.25, -0.2) is 9.59 Å². The van der Waals surface area contributed by atoms with Crippen LogP contribution in [0.5, 0.6) is 0 Å². The smallest absolute Gasteiger partial charge is 0.411 e. The maximum atomic E-state index is 12.5. The van der Waals surface area contributed by atoms with Crippen molar-refractivity contribution in [3.63, 3.8) is 0 Å². The van der Waals surface area contributed by atoms with Crippen LogP contribution in [0.25, 0.3) is 0 Å².